The Balaban J connectivity index is 1.93. The van der Waals surface area contributed by atoms with Gasteiger partial charge in [0.15, 0.2) is 0 Å². The van der Waals surface area contributed by atoms with Crippen LogP contribution in [0.4, 0.5) is 0 Å². The highest BCUT2D eigenvalue weighted by Crippen LogP contribution is 2.28. The van der Waals surface area contributed by atoms with Crippen molar-refractivity contribution >= 4 is 49.6 Å². The molecule has 0 aliphatic rings. The van der Waals surface area contributed by atoms with Gasteiger partial charge in [-0.1, -0.05) is 22.0 Å². The second-order valence-electron chi connectivity index (χ2n) is 4.97. The molecule has 0 aliphatic heterocycles. The molecule has 22 heavy (non-hydrogen) atoms. The number of hydrogen-bond acceptors (Lipinski definition) is 3. The fourth-order valence-corrected chi connectivity index (χ4v) is 3.45. The molecule has 3 rings (SSSR count). The topological polar surface area (TPSA) is 22.1 Å². The summed E-state index contributed by atoms with van der Waals surface area (Å²) in [7, 11) is 0. The van der Waals surface area contributed by atoms with Crippen molar-refractivity contribution in [1.82, 2.24) is 4.98 Å². The van der Waals surface area contributed by atoms with Crippen molar-refractivity contribution in [2.45, 2.75) is 13.8 Å². The summed E-state index contributed by atoms with van der Waals surface area (Å²) in [5, 5.41) is 1.00. The van der Waals surface area contributed by atoms with E-state index >= 15 is 0 Å². The average Bonchev–Trinajstić information content (AvgIpc) is 2.89. The van der Waals surface area contributed by atoms with Gasteiger partial charge in [0.1, 0.15) is 10.8 Å². The van der Waals surface area contributed by atoms with Gasteiger partial charge in [0.2, 0.25) is 0 Å². The minimum Gasteiger partial charge on any atom is -0.493 e. The Bertz CT molecular complexity index is 838. The van der Waals surface area contributed by atoms with E-state index in [1.807, 2.05) is 25.1 Å². The monoisotopic (exact) mass is 373 g/mol. The standard InChI is InChI=1S/C18H16BrNOS/c1-3-21-16-7-6-14(19)11-13(16)5-9-18-20-15-10-12(2)4-8-17(15)22-18/h4-11H,3H2,1-2H3. The third-order valence-corrected chi connectivity index (χ3v) is 4.73. The second kappa shape index (κ2) is 6.63. The third-order valence-electron chi connectivity index (χ3n) is 3.24. The number of rotatable bonds is 4. The van der Waals surface area contributed by atoms with Crippen molar-refractivity contribution < 1.29 is 4.74 Å². The SMILES string of the molecule is CCOc1ccc(Br)cc1C=Cc1nc2cc(C)ccc2s1. The summed E-state index contributed by atoms with van der Waals surface area (Å²) in [5.41, 5.74) is 3.34. The molecule has 0 fully saturated rings. The predicted octanol–water partition coefficient (Wildman–Crippen LogP) is 5.94. The highest BCUT2D eigenvalue weighted by atomic mass is 79.9. The Morgan fingerprint density at radius 2 is 2.05 bits per heavy atom. The molecule has 4 heteroatoms. The van der Waals surface area contributed by atoms with E-state index in [0.29, 0.717) is 6.61 Å². The smallest absolute Gasteiger partial charge is 0.126 e. The van der Waals surface area contributed by atoms with E-state index in [4.69, 9.17) is 4.74 Å². The lowest BCUT2D eigenvalue weighted by atomic mass is 10.2. The number of hydrogen-bond donors (Lipinski definition) is 0. The summed E-state index contributed by atoms with van der Waals surface area (Å²) in [6.45, 7) is 4.73. The van der Waals surface area contributed by atoms with Crippen molar-refractivity contribution in [3.63, 3.8) is 0 Å². The summed E-state index contributed by atoms with van der Waals surface area (Å²) in [6.07, 6.45) is 4.10. The van der Waals surface area contributed by atoms with Gasteiger partial charge >= 0.3 is 0 Å². The highest BCUT2D eigenvalue weighted by molar-refractivity contribution is 9.10. The van der Waals surface area contributed by atoms with Crippen LogP contribution in [0, 0.1) is 6.92 Å². The molecule has 2 nitrogen and oxygen atoms in total. The Morgan fingerprint density at radius 3 is 2.86 bits per heavy atom. The molecule has 0 atom stereocenters. The van der Waals surface area contributed by atoms with Crippen LogP contribution in [0.25, 0.3) is 22.4 Å². The first kappa shape index (κ1) is 15.3. The van der Waals surface area contributed by atoms with E-state index in [-0.39, 0.29) is 0 Å². The van der Waals surface area contributed by atoms with Crippen LogP contribution >= 0.6 is 27.3 Å². The third kappa shape index (κ3) is 3.39. The number of aromatic nitrogens is 1. The van der Waals surface area contributed by atoms with Crippen molar-refractivity contribution in [1.29, 1.82) is 0 Å². The fraction of sp³-hybridized carbons (Fsp3) is 0.167. The van der Waals surface area contributed by atoms with Crippen LogP contribution in [0.1, 0.15) is 23.1 Å². The van der Waals surface area contributed by atoms with E-state index in [1.54, 1.807) is 11.3 Å². The van der Waals surface area contributed by atoms with Gasteiger partial charge in [-0.15, -0.1) is 11.3 Å². The summed E-state index contributed by atoms with van der Waals surface area (Å²) in [6, 6.07) is 12.4. The van der Waals surface area contributed by atoms with E-state index in [0.717, 1.165) is 26.3 Å². The Labute approximate surface area is 142 Å². The summed E-state index contributed by atoms with van der Waals surface area (Å²) in [4.78, 5) is 4.67. The van der Waals surface area contributed by atoms with Crippen LogP contribution in [0.15, 0.2) is 40.9 Å². The van der Waals surface area contributed by atoms with E-state index in [2.05, 4.69) is 58.2 Å². The maximum atomic E-state index is 5.67. The molecule has 0 amide bonds. The average molecular weight is 374 g/mol. The molecule has 3 aromatic rings. The molecule has 0 aliphatic carbocycles. The van der Waals surface area contributed by atoms with Gasteiger partial charge < -0.3 is 4.74 Å². The lowest BCUT2D eigenvalue weighted by Crippen LogP contribution is -1.93. The molecule has 0 unspecified atom stereocenters. The molecule has 1 aromatic heterocycles. The van der Waals surface area contributed by atoms with E-state index < -0.39 is 0 Å². The van der Waals surface area contributed by atoms with E-state index in [9.17, 15) is 0 Å². The van der Waals surface area contributed by atoms with Crippen molar-refractivity contribution in [2.75, 3.05) is 6.61 Å². The molecular formula is C18H16BrNOS. The van der Waals surface area contributed by atoms with Crippen molar-refractivity contribution in [2.24, 2.45) is 0 Å². The van der Waals surface area contributed by atoms with Crippen LogP contribution in [-0.4, -0.2) is 11.6 Å². The minimum absolute atomic E-state index is 0.656. The molecule has 112 valence electrons. The Morgan fingerprint density at radius 1 is 1.18 bits per heavy atom. The van der Waals surface area contributed by atoms with Gasteiger partial charge in [0.05, 0.1) is 16.8 Å². The molecule has 0 bridgehead atoms. The normalized spacial score (nSPS) is 11.4. The van der Waals surface area contributed by atoms with Gasteiger partial charge in [-0.3, -0.25) is 0 Å². The number of halogens is 1. The zero-order valence-corrected chi connectivity index (χ0v) is 14.9. The minimum atomic E-state index is 0.656. The molecule has 0 radical (unpaired) electrons. The first-order chi connectivity index (χ1) is 10.7. The molecule has 0 saturated heterocycles. The second-order valence-corrected chi connectivity index (χ2v) is 6.95. The first-order valence-electron chi connectivity index (χ1n) is 7.13. The van der Waals surface area contributed by atoms with Crippen LogP contribution in [0.5, 0.6) is 5.75 Å². The fourth-order valence-electron chi connectivity index (χ4n) is 2.22. The number of aryl methyl sites for hydroxylation is 1. The largest absolute Gasteiger partial charge is 0.493 e. The van der Waals surface area contributed by atoms with Gasteiger partial charge in [-0.05, 0) is 61.9 Å². The zero-order valence-electron chi connectivity index (χ0n) is 12.5. The maximum Gasteiger partial charge on any atom is 0.126 e. The number of benzene rings is 2. The highest BCUT2D eigenvalue weighted by Gasteiger charge is 2.04. The lowest BCUT2D eigenvalue weighted by molar-refractivity contribution is 0.339. The van der Waals surface area contributed by atoms with Crippen LogP contribution < -0.4 is 4.74 Å². The zero-order chi connectivity index (χ0) is 15.5. The lowest BCUT2D eigenvalue weighted by Gasteiger charge is -2.07. The number of thiazole rings is 1. The van der Waals surface area contributed by atoms with Crippen LogP contribution in [-0.2, 0) is 0 Å². The Kier molecular flexibility index (Phi) is 4.60. The molecular weight excluding hydrogens is 358 g/mol. The van der Waals surface area contributed by atoms with Gasteiger partial charge in [0, 0.05) is 10.0 Å². The molecule has 0 N–H and O–H groups in total. The first-order valence-corrected chi connectivity index (χ1v) is 8.74. The van der Waals surface area contributed by atoms with Gasteiger partial charge in [-0.25, -0.2) is 4.98 Å². The molecule has 2 aromatic carbocycles. The van der Waals surface area contributed by atoms with Gasteiger partial charge in [0.25, 0.3) is 0 Å². The van der Waals surface area contributed by atoms with E-state index in [1.165, 1.54) is 10.3 Å². The van der Waals surface area contributed by atoms with Crippen molar-refractivity contribution in [3.05, 3.63) is 57.0 Å². The quantitative estimate of drug-likeness (QED) is 0.564. The summed E-state index contributed by atoms with van der Waals surface area (Å²) in [5.74, 6) is 0.888. The molecule has 0 spiro atoms. The Hall–Kier alpha value is -1.65. The van der Waals surface area contributed by atoms with Crippen molar-refractivity contribution in [3.8, 4) is 5.75 Å². The van der Waals surface area contributed by atoms with Gasteiger partial charge in [-0.2, -0.15) is 0 Å². The number of nitrogens with zero attached hydrogens (tertiary/aromatic N) is 1. The molecule has 1 heterocycles. The predicted molar refractivity (Wildman–Crippen MR) is 98.6 cm³/mol. The molecule has 0 saturated carbocycles. The number of ether oxygens (including phenoxy) is 1. The summed E-state index contributed by atoms with van der Waals surface area (Å²) < 4.78 is 7.92. The maximum absolute atomic E-state index is 5.67. The summed E-state index contributed by atoms with van der Waals surface area (Å²) >= 11 is 5.21. The van der Waals surface area contributed by atoms with Crippen LogP contribution in [0.2, 0.25) is 0 Å². The number of fused-ring (bicyclic) bond motifs is 1. The van der Waals surface area contributed by atoms with Crippen LogP contribution in [0.3, 0.4) is 0 Å².